The zero-order valence-electron chi connectivity index (χ0n) is 9.01. The molecule has 1 aliphatic rings. The van der Waals surface area contributed by atoms with Gasteiger partial charge in [-0.05, 0) is 18.2 Å². The summed E-state index contributed by atoms with van der Waals surface area (Å²) in [4.78, 5) is 4.12. The van der Waals surface area contributed by atoms with Crippen LogP contribution in [0.1, 0.15) is 5.56 Å². The minimum absolute atomic E-state index is 0.000854. The lowest BCUT2D eigenvalue weighted by molar-refractivity contribution is -0.137. The number of benzene rings is 1. The van der Waals surface area contributed by atoms with Crippen LogP contribution in [0.25, 0.3) is 0 Å². The molecular formula is C10H9ClF3N3S. The smallest absolute Gasteiger partial charge is 0.298 e. The van der Waals surface area contributed by atoms with Crippen molar-refractivity contribution in [2.24, 2.45) is 4.99 Å². The van der Waals surface area contributed by atoms with Gasteiger partial charge in [0.25, 0.3) is 0 Å². The molecule has 0 atom stereocenters. The van der Waals surface area contributed by atoms with E-state index in [-0.39, 0.29) is 5.02 Å². The van der Waals surface area contributed by atoms with Gasteiger partial charge in [-0.3, -0.25) is 15.8 Å². The lowest BCUT2D eigenvalue weighted by Gasteiger charge is -2.12. The van der Waals surface area contributed by atoms with E-state index in [9.17, 15) is 13.2 Å². The van der Waals surface area contributed by atoms with Crippen LogP contribution in [0.5, 0.6) is 0 Å². The maximum atomic E-state index is 12.4. The Hall–Kier alpha value is -1.08. The van der Waals surface area contributed by atoms with E-state index in [1.807, 2.05) is 0 Å². The lowest BCUT2D eigenvalue weighted by atomic mass is 10.2. The molecule has 0 amide bonds. The number of halogens is 4. The van der Waals surface area contributed by atoms with Gasteiger partial charge in [0, 0.05) is 5.75 Å². The molecule has 0 unspecified atom stereocenters. The standard InChI is InChI=1S/C10H9ClF3N3S/c11-7-5-6(10(12,13)14)1-2-8(7)16-17-9-15-3-4-18-9/h1-2,5,16H,3-4H2,(H,15,17). The fourth-order valence-electron chi connectivity index (χ4n) is 1.32. The Bertz CT molecular complexity index is 476. The summed E-state index contributed by atoms with van der Waals surface area (Å²) in [7, 11) is 0. The number of nitrogens with zero attached hydrogens (tertiary/aromatic N) is 1. The minimum Gasteiger partial charge on any atom is -0.298 e. The third kappa shape index (κ3) is 3.23. The molecule has 2 N–H and O–H groups in total. The topological polar surface area (TPSA) is 36.4 Å². The molecule has 0 aliphatic carbocycles. The van der Waals surface area contributed by atoms with Gasteiger partial charge in [-0.15, -0.1) is 0 Å². The number of rotatable bonds is 2. The highest BCUT2D eigenvalue weighted by molar-refractivity contribution is 8.14. The molecule has 0 aromatic heterocycles. The van der Waals surface area contributed by atoms with E-state index in [1.165, 1.54) is 17.8 Å². The summed E-state index contributed by atoms with van der Waals surface area (Å²) in [6.07, 6.45) is -4.39. The van der Waals surface area contributed by atoms with Crippen LogP contribution in [0.4, 0.5) is 18.9 Å². The molecular weight excluding hydrogens is 287 g/mol. The van der Waals surface area contributed by atoms with Gasteiger partial charge in [0.1, 0.15) is 0 Å². The molecule has 0 radical (unpaired) electrons. The van der Waals surface area contributed by atoms with Crippen LogP contribution in [0, 0.1) is 0 Å². The summed E-state index contributed by atoms with van der Waals surface area (Å²) in [5, 5.41) is 0.701. The zero-order chi connectivity index (χ0) is 13.2. The van der Waals surface area contributed by atoms with E-state index in [2.05, 4.69) is 15.8 Å². The second-order valence-electron chi connectivity index (χ2n) is 3.48. The maximum absolute atomic E-state index is 12.4. The van der Waals surface area contributed by atoms with Crippen LogP contribution < -0.4 is 10.9 Å². The third-order valence-electron chi connectivity index (χ3n) is 2.19. The maximum Gasteiger partial charge on any atom is 0.416 e. The molecule has 0 bridgehead atoms. The number of aliphatic imine (C=N–C) groups is 1. The van der Waals surface area contributed by atoms with Gasteiger partial charge >= 0.3 is 6.18 Å². The highest BCUT2D eigenvalue weighted by Crippen LogP contribution is 2.33. The van der Waals surface area contributed by atoms with Crippen molar-refractivity contribution >= 4 is 34.2 Å². The summed E-state index contributed by atoms with van der Waals surface area (Å²) < 4.78 is 37.2. The van der Waals surface area contributed by atoms with Crippen LogP contribution in [0.3, 0.4) is 0 Å². The molecule has 0 saturated carbocycles. The fraction of sp³-hybridized carbons (Fsp3) is 0.300. The SMILES string of the molecule is FC(F)(F)c1ccc(NNC2=NCCS2)c(Cl)c1. The number of hydrogen-bond acceptors (Lipinski definition) is 4. The Labute approximate surface area is 111 Å². The van der Waals surface area contributed by atoms with Crippen LogP contribution in [-0.2, 0) is 6.18 Å². The Morgan fingerprint density at radius 3 is 2.61 bits per heavy atom. The van der Waals surface area contributed by atoms with Crippen LogP contribution in [0.2, 0.25) is 5.02 Å². The van der Waals surface area contributed by atoms with Gasteiger partial charge in [0.15, 0.2) is 5.17 Å². The van der Waals surface area contributed by atoms with Crippen molar-refractivity contribution in [2.75, 3.05) is 17.7 Å². The molecule has 0 spiro atoms. The van der Waals surface area contributed by atoms with E-state index in [1.54, 1.807) is 0 Å². The van der Waals surface area contributed by atoms with Gasteiger partial charge in [-0.25, -0.2) is 0 Å². The van der Waals surface area contributed by atoms with Crippen molar-refractivity contribution < 1.29 is 13.2 Å². The van der Waals surface area contributed by atoms with Crippen molar-refractivity contribution in [3.8, 4) is 0 Å². The first-order chi connectivity index (χ1) is 8.47. The van der Waals surface area contributed by atoms with E-state index in [0.29, 0.717) is 10.9 Å². The number of amidine groups is 1. The summed E-state index contributed by atoms with van der Waals surface area (Å²) in [6.45, 7) is 0.732. The number of thioether (sulfide) groups is 1. The highest BCUT2D eigenvalue weighted by Gasteiger charge is 2.30. The molecule has 98 valence electrons. The minimum atomic E-state index is -4.39. The lowest BCUT2D eigenvalue weighted by Crippen LogP contribution is -2.26. The number of alkyl halides is 3. The second-order valence-corrected chi connectivity index (χ2v) is 4.97. The van der Waals surface area contributed by atoms with Crippen molar-refractivity contribution in [1.29, 1.82) is 0 Å². The molecule has 8 heteroatoms. The molecule has 0 fully saturated rings. The highest BCUT2D eigenvalue weighted by atomic mass is 35.5. The molecule has 2 rings (SSSR count). The second kappa shape index (κ2) is 5.27. The van der Waals surface area contributed by atoms with E-state index >= 15 is 0 Å². The van der Waals surface area contributed by atoms with Gasteiger partial charge < -0.3 is 0 Å². The molecule has 1 heterocycles. The van der Waals surface area contributed by atoms with Gasteiger partial charge in [0.2, 0.25) is 0 Å². The molecule has 1 aromatic rings. The predicted octanol–water partition coefficient (Wildman–Crippen LogP) is 3.38. The van der Waals surface area contributed by atoms with Gasteiger partial charge in [-0.1, -0.05) is 23.4 Å². The molecule has 1 aromatic carbocycles. The summed E-state index contributed by atoms with van der Waals surface area (Å²) in [5.74, 6) is 0.894. The molecule has 18 heavy (non-hydrogen) atoms. The summed E-state index contributed by atoms with van der Waals surface area (Å²) in [6, 6.07) is 3.13. The predicted molar refractivity (Wildman–Crippen MR) is 68.0 cm³/mol. The quantitative estimate of drug-likeness (QED) is 0.821. The Morgan fingerprint density at radius 1 is 1.28 bits per heavy atom. The Morgan fingerprint density at radius 2 is 2.06 bits per heavy atom. The van der Waals surface area contributed by atoms with Gasteiger partial charge in [-0.2, -0.15) is 13.2 Å². The van der Waals surface area contributed by atoms with E-state index in [4.69, 9.17) is 11.6 Å². The Balaban J connectivity index is 2.05. The van der Waals surface area contributed by atoms with Crippen LogP contribution in [-0.4, -0.2) is 17.5 Å². The molecule has 3 nitrogen and oxygen atoms in total. The number of nitrogens with one attached hydrogen (secondary N) is 2. The number of anilines is 1. The van der Waals surface area contributed by atoms with Crippen molar-refractivity contribution in [3.63, 3.8) is 0 Å². The first kappa shape index (κ1) is 13.4. The van der Waals surface area contributed by atoms with Gasteiger partial charge in [0.05, 0.1) is 22.8 Å². The largest absolute Gasteiger partial charge is 0.416 e. The normalized spacial score (nSPS) is 15.4. The summed E-state index contributed by atoms with van der Waals surface area (Å²) in [5.41, 5.74) is 5.13. The monoisotopic (exact) mass is 295 g/mol. The van der Waals surface area contributed by atoms with Crippen molar-refractivity contribution in [2.45, 2.75) is 6.18 Å². The third-order valence-corrected chi connectivity index (χ3v) is 3.39. The zero-order valence-corrected chi connectivity index (χ0v) is 10.6. The number of hydrogen-bond donors (Lipinski definition) is 2. The summed E-state index contributed by atoms with van der Waals surface area (Å²) >= 11 is 7.30. The van der Waals surface area contributed by atoms with E-state index in [0.717, 1.165) is 24.4 Å². The first-order valence-corrected chi connectivity index (χ1v) is 6.39. The van der Waals surface area contributed by atoms with E-state index < -0.39 is 11.7 Å². The number of hydrazine groups is 1. The fourth-order valence-corrected chi connectivity index (χ4v) is 2.23. The van der Waals surface area contributed by atoms with Crippen molar-refractivity contribution in [3.05, 3.63) is 28.8 Å². The van der Waals surface area contributed by atoms with Crippen LogP contribution >= 0.6 is 23.4 Å². The Kier molecular flexibility index (Phi) is 3.91. The average molecular weight is 296 g/mol. The molecule has 1 aliphatic heterocycles. The molecule has 0 saturated heterocycles. The van der Waals surface area contributed by atoms with Crippen LogP contribution in [0.15, 0.2) is 23.2 Å². The first-order valence-electron chi connectivity index (χ1n) is 5.03. The average Bonchev–Trinajstić information content (AvgIpc) is 2.79. The van der Waals surface area contributed by atoms with Crippen molar-refractivity contribution in [1.82, 2.24) is 5.43 Å².